The Bertz CT molecular complexity index is 609. The number of likely N-dealkylation sites (tertiary alicyclic amines) is 2. The molecule has 0 aromatic heterocycles. The molecule has 0 bridgehead atoms. The van der Waals surface area contributed by atoms with E-state index >= 15 is 0 Å². The van der Waals surface area contributed by atoms with E-state index in [1.54, 1.807) is 0 Å². The van der Waals surface area contributed by atoms with Crippen molar-refractivity contribution in [1.29, 1.82) is 0 Å². The van der Waals surface area contributed by atoms with Crippen molar-refractivity contribution >= 4 is 17.6 Å². The zero-order valence-electron chi connectivity index (χ0n) is 15.5. The quantitative estimate of drug-likeness (QED) is 0.789. The van der Waals surface area contributed by atoms with E-state index in [1.165, 1.54) is 0 Å². The lowest BCUT2D eigenvalue weighted by molar-refractivity contribution is -0.138. The van der Waals surface area contributed by atoms with E-state index in [9.17, 15) is 4.79 Å². The van der Waals surface area contributed by atoms with Crippen LogP contribution in [0.15, 0.2) is 18.2 Å². The largest absolute Gasteiger partial charge is 0.490 e. The summed E-state index contributed by atoms with van der Waals surface area (Å²) in [7, 11) is 0. The first-order chi connectivity index (χ1) is 12.5. The highest BCUT2D eigenvalue weighted by molar-refractivity contribution is 6.30. The molecule has 2 saturated heterocycles. The molecule has 3 rings (SSSR count). The van der Waals surface area contributed by atoms with Crippen molar-refractivity contribution in [2.24, 2.45) is 5.92 Å². The number of carboxylic acid groups (broad SMARTS) is 1. The number of carboxylic acids is 1. The molecule has 0 aliphatic carbocycles. The van der Waals surface area contributed by atoms with Gasteiger partial charge >= 0.3 is 5.97 Å². The number of halogens is 1. The highest BCUT2D eigenvalue weighted by atomic mass is 35.5. The van der Waals surface area contributed by atoms with Crippen LogP contribution in [0, 0.1) is 12.8 Å². The molecule has 2 aliphatic heterocycles. The van der Waals surface area contributed by atoms with E-state index in [0.717, 1.165) is 74.7 Å². The van der Waals surface area contributed by atoms with Crippen molar-refractivity contribution in [2.45, 2.75) is 46.1 Å². The highest BCUT2D eigenvalue weighted by Crippen LogP contribution is 2.26. The minimum absolute atomic E-state index is 0. The van der Waals surface area contributed by atoms with Crippen LogP contribution in [-0.4, -0.2) is 66.2 Å². The number of hydrogen-bond acceptors (Lipinski definition) is 4. The summed E-state index contributed by atoms with van der Waals surface area (Å²) in [5.41, 5.74) is 1.09. The van der Waals surface area contributed by atoms with Gasteiger partial charge in [-0.25, -0.2) is 0 Å². The fourth-order valence-electron chi connectivity index (χ4n) is 4.02. The van der Waals surface area contributed by atoms with Crippen LogP contribution in [0.1, 0.15) is 38.7 Å². The van der Waals surface area contributed by atoms with Crippen LogP contribution in [0.4, 0.5) is 0 Å². The van der Waals surface area contributed by atoms with Gasteiger partial charge in [0.05, 0.1) is 6.54 Å². The van der Waals surface area contributed by atoms with Crippen molar-refractivity contribution < 1.29 is 14.6 Å². The summed E-state index contributed by atoms with van der Waals surface area (Å²) < 4.78 is 6.18. The van der Waals surface area contributed by atoms with Crippen LogP contribution in [-0.2, 0) is 4.79 Å². The van der Waals surface area contributed by atoms with E-state index in [4.69, 9.17) is 21.4 Å². The van der Waals surface area contributed by atoms with Gasteiger partial charge in [-0.3, -0.25) is 9.69 Å². The molecule has 0 unspecified atom stereocenters. The molecule has 152 valence electrons. The van der Waals surface area contributed by atoms with E-state index in [1.807, 2.05) is 30.0 Å². The summed E-state index contributed by atoms with van der Waals surface area (Å²) in [5.74, 6) is 0.913. The van der Waals surface area contributed by atoms with Gasteiger partial charge in [-0.15, -0.1) is 0 Å². The molecular formula is C21H33ClN2O3. The van der Waals surface area contributed by atoms with Gasteiger partial charge in [-0.05, 0) is 75.4 Å². The number of nitrogens with zero attached hydrogens (tertiary/aromatic N) is 2. The molecule has 2 aliphatic rings. The van der Waals surface area contributed by atoms with E-state index in [2.05, 4.69) is 4.90 Å². The van der Waals surface area contributed by atoms with E-state index in [0.29, 0.717) is 5.92 Å². The lowest BCUT2D eigenvalue weighted by Gasteiger charge is -2.37. The summed E-state index contributed by atoms with van der Waals surface area (Å²) in [6, 6.07) is 5.80. The normalized spacial score (nSPS) is 20.2. The van der Waals surface area contributed by atoms with Gasteiger partial charge in [0.25, 0.3) is 0 Å². The smallest absolute Gasteiger partial charge is 0.317 e. The first-order valence-corrected chi connectivity index (χ1v) is 9.96. The van der Waals surface area contributed by atoms with Crippen LogP contribution in [0.25, 0.3) is 0 Å². The third-order valence-corrected chi connectivity index (χ3v) is 5.78. The Labute approximate surface area is 168 Å². The summed E-state index contributed by atoms with van der Waals surface area (Å²) >= 11 is 6.01. The van der Waals surface area contributed by atoms with Crippen LogP contribution >= 0.6 is 11.6 Å². The van der Waals surface area contributed by atoms with Crippen molar-refractivity contribution in [3.8, 4) is 5.75 Å². The zero-order chi connectivity index (χ0) is 18.5. The second-order valence-electron chi connectivity index (χ2n) is 7.64. The molecule has 5 nitrogen and oxygen atoms in total. The molecule has 0 spiro atoms. The maximum absolute atomic E-state index is 10.8. The zero-order valence-corrected chi connectivity index (χ0v) is 16.2. The predicted octanol–water partition coefficient (Wildman–Crippen LogP) is 3.92. The fourth-order valence-corrected chi connectivity index (χ4v) is 4.24. The van der Waals surface area contributed by atoms with Gasteiger partial charge in [-0.1, -0.05) is 19.0 Å². The monoisotopic (exact) mass is 396 g/mol. The summed E-state index contributed by atoms with van der Waals surface area (Å²) in [4.78, 5) is 15.4. The van der Waals surface area contributed by atoms with Crippen molar-refractivity contribution in [2.75, 3.05) is 39.3 Å². The van der Waals surface area contributed by atoms with Crippen LogP contribution in [0.5, 0.6) is 5.75 Å². The highest BCUT2D eigenvalue weighted by Gasteiger charge is 2.26. The van der Waals surface area contributed by atoms with Crippen LogP contribution in [0.2, 0.25) is 5.02 Å². The van der Waals surface area contributed by atoms with Gasteiger partial charge < -0.3 is 14.7 Å². The predicted molar refractivity (Wildman–Crippen MR) is 110 cm³/mol. The molecule has 1 aromatic carbocycles. The molecule has 1 N–H and O–H groups in total. The van der Waals surface area contributed by atoms with E-state index in [-0.39, 0.29) is 20.1 Å². The third kappa shape index (κ3) is 6.66. The van der Waals surface area contributed by atoms with Gasteiger partial charge in [0.1, 0.15) is 11.9 Å². The SMILES string of the molecule is C.Cc1cc(Cl)ccc1OC1CCN(CC2CCN(CC(=O)O)CC2)CC1. The Hall–Kier alpha value is -1.30. The molecule has 27 heavy (non-hydrogen) atoms. The van der Waals surface area contributed by atoms with Crippen molar-refractivity contribution in [3.63, 3.8) is 0 Å². The molecule has 0 atom stereocenters. The maximum atomic E-state index is 10.8. The fraction of sp³-hybridized carbons (Fsp3) is 0.667. The molecule has 2 heterocycles. The number of benzene rings is 1. The van der Waals surface area contributed by atoms with Gasteiger partial charge in [0.15, 0.2) is 0 Å². The number of carbonyl (C=O) groups is 1. The summed E-state index contributed by atoms with van der Waals surface area (Å²) in [5, 5.41) is 9.63. The molecule has 2 fully saturated rings. The maximum Gasteiger partial charge on any atom is 0.317 e. The van der Waals surface area contributed by atoms with Crippen molar-refractivity contribution in [1.82, 2.24) is 9.80 Å². The number of aryl methyl sites for hydroxylation is 1. The van der Waals surface area contributed by atoms with Gasteiger partial charge in [0.2, 0.25) is 0 Å². The third-order valence-electron chi connectivity index (χ3n) is 5.55. The standard InChI is InChI=1S/C20H29ClN2O3.CH4/c1-15-12-17(21)2-3-19(15)26-18-6-10-22(11-7-18)13-16-4-8-23(9-5-16)14-20(24)25;/h2-3,12,16,18H,4-11,13-14H2,1H3,(H,24,25);1H4. The molecule has 6 heteroatoms. The second kappa shape index (κ2) is 10.3. The van der Waals surface area contributed by atoms with Gasteiger partial charge in [0, 0.05) is 24.7 Å². The summed E-state index contributed by atoms with van der Waals surface area (Å²) in [6.07, 6.45) is 4.60. The number of piperidine rings is 2. The topological polar surface area (TPSA) is 53.0 Å². The molecule has 0 radical (unpaired) electrons. The molecule has 1 aromatic rings. The Kier molecular flexibility index (Phi) is 8.39. The Morgan fingerprint density at radius 1 is 1.15 bits per heavy atom. The first-order valence-electron chi connectivity index (χ1n) is 9.59. The Balaban J connectivity index is 0.00000261. The lowest BCUT2D eigenvalue weighted by Crippen LogP contribution is -2.44. The number of hydrogen-bond donors (Lipinski definition) is 1. The number of aliphatic carboxylic acids is 1. The molecule has 0 amide bonds. The average molecular weight is 397 g/mol. The second-order valence-corrected chi connectivity index (χ2v) is 8.08. The number of rotatable bonds is 6. The van der Waals surface area contributed by atoms with Gasteiger partial charge in [-0.2, -0.15) is 0 Å². The Morgan fingerprint density at radius 3 is 2.37 bits per heavy atom. The van der Waals surface area contributed by atoms with Crippen LogP contribution in [0.3, 0.4) is 0 Å². The lowest BCUT2D eigenvalue weighted by atomic mass is 9.95. The minimum Gasteiger partial charge on any atom is -0.490 e. The minimum atomic E-state index is -0.721. The summed E-state index contributed by atoms with van der Waals surface area (Å²) in [6.45, 7) is 7.32. The molecule has 0 saturated carbocycles. The Morgan fingerprint density at radius 2 is 1.78 bits per heavy atom. The average Bonchev–Trinajstić information content (AvgIpc) is 2.60. The number of ether oxygens (including phenoxy) is 1. The first kappa shape index (κ1) is 22.0. The van der Waals surface area contributed by atoms with Crippen LogP contribution < -0.4 is 4.74 Å². The van der Waals surface area contributed by atoms with E-state index < -0.39 is 5.97 Å². The molecular weight excluding hydrogens is 364 g/mol. The van der Waals surface area contributed by atoms with Crippen molar-refractivity contribution in [3.05, 3.63) is 28.8 Å².